The first kappa shape index (κ1) is 23.6. The maximum absolute atomic E-state index is 12.7. The van der Waals surface area contributed by atoms with Gasteiger partial charge in [0.05, 0.1) is 24.2 Å². The molecule has 170 valence electrons. The van der Waals surface area contributed by atoms with Crippen molar-refractivity contribution in [2.24, 2.45) is 12.0 Å². The number of carbonyl (C=O) groups excluding carboxylic acids is 1. The Hall–Kier alpha value is -2.08. The van der Waals surface area contributed by atoms with Gasteiger partial charge in [-0.15, -0.1) is 24.0 Å². The first-order valence-corrected chi connectivity index (χ1v) is 10.7. The predicted molar refractivity (Wildman–Crippen MR) is 131 cm³/mol. The van der Waals surface area contributed by atoms with Gasteiger partial charge in [-0.05, 0) is 38.1 Å². The highest BCUT2D eigenvalue weighted by atomic mass is 127. The lowest BCUT2D eigenvalue weighted by molar-refractivity contribution is -0.120. The van der Waals surface area contributed by atoms with Gasteiger partial charge in [0.1, 0.15) is 12.3 Å². The minimum atomic E-state index is 0. The van der Waals surface area contributed by atoms with Crippen molar-refractivity contribution in [3.8, 4) is 0 Å². The smallest absolute Gasteiger partial charge is 0.246 e. The zero-order chi connectivity index (χ0) is 20.9. The Balaban J connectivity index is 0.00000272. The number of likely N-dealkylation sites (tertiary alicyclic amines) is 1. The van der Waals surface area contributed by atoms with Crippen LogP contribution in [0, 0.1) is 0 Å². The van der Waals surface area contributed by atoms with Gasteiger partial charge in [-0.1, -0.05) is 6.42 Å². The van der Waals surface area contributed by atoms with Crippen LogP contribution in [0.4, 0.5) is 5.69 Å². The molecule has 2 saturated heterocycles. The van der Waals surface area contributed by atoms with Crippen LogP contribution in [-0.4, -0.2) is 77.8 Å². The van der Waals surface area contributed by atoms with Crippen molar-refractivity contribution in [1.82, 2.24) is 24.9 Å². The molecule has 2 aliphatic rings. The highest BCUT2D eigenvalue weighted by molar-refractivity contribution is 14.0. The molecule has 31 heavy (non-hydrogen) atoms. The van der Waals surface area contributed by atoms with Crippen LogP contribution in [0.25, 0.3) is 0 Å². The molecular formula is C21H32IN7O2. The third-order valence-corrected chi connectivity index (χ3v) is 5.89. The predicted octanol–water partition coefficient (Wildman–Crippen LogP) is 2.08. The molecule has 2 fully saturated rings. The van der Waals surface area contributed by atoms with E-state index in [1.807, 2.05) is 30.3 Å². The highest BCUT2D eigenvalue weighted by Gasteiger charge is 2.29. The molecule has 0 spiro atoms. The van der Waals surface area contributed by atoms with Crippen LogP contribution in [0.15, 0.2) is 40.2 Å². The van der Waals surface area contributed by atoms with Crippen LogP contribution in [0.5, 0.6) is 0 Å². The summed E-state index contributed by atoms with van der Waals surface area (Å²) in [6.45, 7) is 4.47. The second-order valence-corrected chi connectivity index (χ2v) is 7.90. The number of guanidine groups is 1. The summed E-state index contributed by atoms with van der Waals surface area (Å²) in [6, 6.07) is 4.14. The van der Waals surface area contributed by atoms with Crippen LogP contribution in [0.2, 0.25) is 0 Å². The summed E-state index contributed by atoms with van der Waals surface area (Å²) in [6.07, 6.45) is 9.06. The summed E-state index contributed by atoms with van der Waals surface area (Å²) in [5, 5.41) is 7.66. The maximum Gasteiger partial charge on any atom is 0.246 e. The molecule has 4 heterocycles. The third-order valence-electron chi connectivity index (χ3n) is 5.89. The van der Waals surface area contributed by atoms with Crippen LogP contribution >= 0.6 is 24.0 Å². The molecule has 0 aliphatic carbocycles. The zero-order valence-corrected chi connectivity index (χ0v) is 20.6. The van der Waals surface area contributed by atoms with Gasteiger partial charge in [-0.2, -0.15) is 5.10 Å². The van der Waals surface area contributed by atoms with Crippen molar-refractivity contribution in [3.63, 3.8) is 0 Å². The number of nitrogens with zero attached hydrogens (tertiary/aromatic N) is 6. The molecule has 10 heteroatoms. The number of anilines is 1. The van der Waals surface area contributed by atoms with E-state index in [2.05, 4.69) is 20.3 Å². The van der Waals surface area contributed by atoms with Crippen LogP contribution in [0.3, 0.4) is 0 Å². The van der Waals surface area contributed by atoms with Gasteiger partial charge >= 0.3 is 0 Å². The van der Waals surface area contributed by atoms with Gasteiger partial charge in [-0.3, -0.25) is 19.4 Å². The second kappa shape index (κ2) is 11.0. The van der Waals surface area contributed by atoms with E-state index in [1.165, 1.54) is 19.3 Å². The molecule has 1 unspecified atom stereocenters. The summed E-state index contributed by atoms with van der Waals surface area (Å²) in [4.78, 5) is 23.5. The molecule has 0 saturated carbocycles. The van der Waals surface area contributed by atoms with E-state index in [0.717, 1.165) is 37.0 Å². The molecule has 0 aromatic carbocycles. The SMILES string of the molecule is CN=C(NCC(c1ccco1)N1CCCCC1)N1CCN(c2cnn(C)c2)C(=O)C1.I. The molecule has 1 amide bonds. The van der Waals surface area contributed by atoms with E-state index in [9.17, 15) is 4.79 Å². The fourth-order valence-electron chi connectivity index (χ4n) is 4.32. The van der Waals surface area contributed by atoms with Gasteiger partial charge in [0.15, 0.2) is 5.96 Å². The normalized spacial score (nSPS) is 19.3. The number of amides is 1. The lowest BCUT2D eigenvalue weighted by Gasteiger charge is -2.37. The number of hydrogen-bond acceptors (Lipinski definition) is 5. The standard InChI is InChI=1S/C21H31N7O2.HI/c1-22-21(27-10-11-28(20(29)16-27)17-13-24-25(2)15-17)23-14-18(19-7-6-12-30-19)26-8-4-3-5-9-26;/h6-7,12-13,15,18H,3-5,8-11,14,16H2,1-2H3,(H,22,23);1H. The van der Waals surface area contributed by atoms with Crippen LogP contribution in [0.1, 0.15) is 31.1 Å². The van der Waals surface area contributed by atoms with E-state index in [-0.39, 0.29) is 35.9 Å². The molecule has 2 aromatic heterocycles. The Labute approximate surface area is 200 Å². The molecule has 9 nitrogen and oxygen atoms in total. The summed E-state index contributed by atoms with van der Waals surface area (Å²) in [5.41, 5.74) is 0.841. The molecule has 2 aromatic rings. The molecule has 0 radical (unpaired) electrons. The van der Waals surface area contributed by atoms with Gasteiger partial charge in [0.2, 0.25) is 5.91 Å². The lowest BCUT2D eigenvalue weighted by Crippen LogP contribution is -2.56. The molecular weight excluding hydrogens is 509 g/mol. The first-order valence-electron chi connectivity index (χ1n) is 10.7. The minimum absolute atomic E-state index is 0. The molecule has 2 aliphatic heterocycles. The molecule has 1 atom stereocenters. The minimum Gasteiger partial charge on any atom is -0.468 e. The first-order chi connectivity index (χ1) is 14.7. The summed E-state index contributed by atoms with van der Waals surface area (Å²) in [5.74, 6) is 1.77. The Bertz CT molecular complexity index is 861. The number of hydrogen-bond donors (Lipinski definition) is 1. The molecule has 1 N–H and O–H groups in total. The Morgan fingerprint density at radius 2 is 2.06 bits per heavy atom. The fraction of sp³-hybridized carbons (Fsp3) is 0.571. The van der Waals surface area contributed by atoms with E-state index < -0.39 is 0 Å². The number of nitrogens with one attached hydrogen (secondary N) is 1. The number of furan rings is 1. The van der Waals surface area contributed by atoms with Crippen molar-refractivity contribution >= 4 is 41.5 Å². The highest BCUT2D eigenvalue weighted by Crippen LogP contribution is 2.24. The van der Waals surface area contributed by atoms with Crippen molar-refractivity contribution in [3.05, 3.63) is 36.5 Å². The number of piperazine rings is 1. The van der Waals surface area contributed by atoms with Gasteiger partial charge in [0, 0.05) is 39.9 Å². The van der Waals surface area contributed by atoms with E-state index in [1.54, 1.807) is 29.1 Å². The number of carbonyl (C=O) groups is 1. The van der Waals surface area contributed by atoms with Crippen molar-refractivity contribution in [2.45, 2.75) is 25.3 Å². The quantitative estimate of drug-likeness (QED) is 0.355. The Morgan fingerprint density at radius 3 is 2.68 bits per heavy atom. The summed E-state index contributed by atoms with van der Waals surface area (Å²) in [7, 11) is 3.62. The number of aryl methyl sites for hydroxylation is 1. The Kier molecular flexibility index (Phi) is 8.35. The summed E-state index contributed by atoms with van der Waals surface area (Å²) < 4.78 is 7.45. The zero-order valence-electron chi connectivity index (χ0n) is 18.2. The van der Waals surface area contributed by atoms with Gasteiger partial charge in [0.25, 0.3) is 0 Å². The number of piperidine rings is 1. The molecule has 4 rings (SSSR count). The van der Waals surface area contributed by atoms with Crippen LogP contribution in [-0.2, 0) is 11.8 Å². The van der Waals surface area contributed by atoms with Gasteiger partial charge in [-0.25, -0.2) is 0 Å². The maximum atomic E-state index is 12.7. The van der Waals surface area contributed by atoms with Gasteiger partial charge < -0.3 is 19.5 Å². The van der Waals surface area contributed by atoms with E-state index >= 15 is 0 Å². The fourth-order valence-corrected chi connectivity index (χ4v) is 4.32. The average molecular weight is 541 g/mol. The molecule has 0 bridgehead atoms. The topological polar surface area (TPSA) is 82.1 Å². The number of halogens is 1. The van der Waals surface area contributed by atoms with Crippen molar-refractivity contribution < 1.29 is 9.21 Å². The summed E-state index contributed by atoms with van der Waals surface area (Å²) >= 11 is 0. The van der Waals surface area contributed by atoms with Crippen molar-refractivity contribution in [2.75, 3.05) is 51.2 Å². The number of rotatable bonds is 5. The van der Waals surface area contributed by atoms with E-state index in [4.69, 9.17) is 4.42 Å². The van der Waals surface area contributed by atoms with Crippen LogP contribution < -0.4 is 10.2 Å². The largest absolute Gasteiger partial charge is 0.468 e. The second-order valence-electron chi connectivity index (χ2n) is 7.90. The number of aliphatic imine (C=N–C) groups is 1. The van der Waals surface area contributed by atoms with E-state index in [0.29, 0.717) is 19.6 Å². The lowest BCUT2D eigenvalue weighted by atomic mass is 10.1. The van der Waals surface area contributed by atoms with Crippen molar-refractivity contribution in [1.29, 1.82) is 0 Å². The Morgan fingerprint density at radius 1 is 1.26 bits per heavy atom. The monoisotopic (exact) mass is 541 g/mol. The average Bonchev–Trinajstić information content (AvgIpc) is 3.44. The third kappa shape index (κ3) is 5.59. The number of aromatic nitrogens is 2.